The molecule has 2 atom stereocenters. The highest BCUT2D eigenvalue weighted by Gasteiger charge is 2.48. The van der Waals surface area contributed by atoms with Gasteiger partial charge >= 0.3 is 6.09 Å². The van der Waals surface area contributed by atoms with Crippen LogP contribution >= 0.6 is 0 Å². The SMILES string of the molecule is CCC1CN(C(=O)OC(C)(C)C)CCC12CC(C)=NO2. The van der Waals surface area contributed by atoms with Crippen molar-refractivity contribution in [1.82, 2.24) is 4.90 Å². The summed E-state index contributed by atoms with van der Waals surface area (Å²) in [5.74, 6) is 0.310. The van der Waals surface area contributed by atoms with E-state index >= 15 is 0 Å². The van der Waals surface area contributed by atoms with Gasteiger partial charge in [0.1, 0.15) is 11.2 Å². The van der Waals surface area contributed by atoms with Crippen molar-refractivity contribution >= 4 is 11.8 Å². The van der Waals surface area contributed by atoms with E-state index in [9.17, 15) is 4.79 Å². The Kier molecular flexibility index (Phi) is 3.98. The number of carbonyl (C=O) groups excluding carboxylic acids is 1. The minimum atomic E-state index is -0.447. The van der Waals surface area contributed by atoms with E-state index in [0.29, 0.717) is 19.0 Å². The normalized spacial score (nSPS) is 30.1. The zero-order valence-corrected chi connectivity index (χ0v) is 13.2. The van der Waals surface area contributed by atoms with Gasteiger partial charge in [-0.25, -0.2) is 4.79 Å². The van der Waals surface area contributed by atoms with E-state index in [4.69, 9.17) is 9.57 Å². The van der Waals surface area contributed by atoms with E-state index in [-0.39, 0.29) is 11.7 Å². The molecule has 0 aromatic rings. The Morgan fingerprint density at radius 3 is 2.75 bits per heavy atom. The Bertz CT molecular complexity index is 414. The number of likely N-dealkylation sites (tertiary alicyclic amines) is 1. The first-order valence-electron chi connectivity index (χ1n) is 7.45. The van der Waals surface area contributed by atoms with E-state index in [1.807, 2.05) is 32.6 Å². The Morgan fingerprint density at radius 1 is 1.55 bits per heavy atom. The molecule has 2 rings (SSSR count). The Hall–Kier alpha value is -1.26. The third kappa shape index (κ3) is 3.07. The summed E-state index contributed by atoms with van der Waals surface area (Å²) in [6.07, 6.45) is 2.46. The smallest absolute Gasteiger partial charge is 0.410 e. The van der Waals surface area contributed by atoms with Crippen LogP contribution in [0.3, 0.4) is 0 Å². The molecule has 114 valence electrons. The minimum Gasteiger partial charge on any atom is -0.444 e. The van der Waals surface area contributed by atoms with Gasteiger partial charge < -0.3 is 14.5 Å². The maximum Gasteiger partial charge on any atom is 0.410 e. The van der Waals surface area contributed by atoms with Crippen LogP contribution in [0.15, 0.2) is 5.16 Å². The van der Waals surface area contributed by atoms with Gasteiger partial charge in [-0.15, -0.1) is 0 Å². The number of carbonyl (C=O) groups is 1. The lowest BCUT2D eigenvalue weighted by Crippen LogP contribution is -2.54. The predicted octanol–water partition coefficient (Wildman–Crippen LogP) is 3.19. The van der Waals surface area contributed by atoms with Crippen LogP contribution in [-0.4, -0.2) is 41.0 Å². The number of ether oxygens (including phenoxy) is 1. The van der Waals surface area contributed by atoms with Crippen LogP contribution in [0.1, 0.15) is 53.9 Å². The van der Waals surface area contributed by atoms with E-state index in [2.05, 4.69) is 12.1 Å². The maximum atomic E-state index is 12.2. The first-order chi connectivity index (χ1) is 9.26. The van der Waals surface area contributed by atoms with Crippen molar-refractivity contribution in [2.75, 3.05) is 13.1 Å². The van der Waals surface area contributed by atoms with Gasteiger partial charge in [0, 0.05) is 31.8 Å². The van der Waals surface area contributed by atoms with Gasteiger partial charge in [-0.05, 0) is 34.1 Å². The fraction of sp³-hybridized carbons (Fsp3) is 0.867. The number of oxime groups is 1. The van der Waals surface area contributed by atoms with Crippen LogP contribution in [0.4, 0.5) is 4.79 Å². The number of hydrogen-bond acceptors (Lipinski definition) is 4. The second-order valence-corrected chi connectivity index (χ2v) is 6.94. The second kappa shape index (κ2) is 5.26. The number of hydrogen-bond donors (Lipinski definition) is 0. The van der Waals surface area contributed by atoms with Crippen molar-refractivity contribution in [2.45, 2.75) is 65.1 Å². The van der Waals surface area contributed by atoms with Crippen LogP contribution in [-0.2, 0) is 9.57 Å². The summed E-state index contributed by atoms with van der Waals surface area (Å²) in [6.45, 7) is 11.2. The summed E-state index contributed by atoms with van der Waals surface area (Å²) in [5, 5.41) is 4.12. The van der Waals surface area contributed by atoms with E-state index < -0.39 is 5.60 Å². The van der Waals surface area contributed by atoms with Crippen LogP contribution in [0, 0.1) is 5.92 Å². The number of nitrogens with zero attached hydrogens (tertiary/aromatic N) is 2. The molecule has 0 aromatic heterocycles. The molecule has 0 bridgehead atoms. The average molecular weight is 282 g/mol. The summed E-state index contributed by atoms with van der Waals surface area (Å²) < 4.78 is 5.46. The lowest BCUT2D eigenvalue weighted by atomic mass is 9.76. The molecule has 20 heavy (non-hydrogen) atoms. The molecule has 2 unspecified atom stereocenters. The highest BCUT2D eigenvalue weighted by molar-refractivity contribution is 5.83. The lowest BCUT2D eigenvalue weighted by molar-refractivity contribution is -0.104. The van der Waals surface area contributed by atoms with Crippen molar-refractivity contribution in [3.05, 3.63) is 0 Å². The van der Waals surface area contributed by atoms with Gasteiger partial charge in [0.25, 0.3) is 0 Å². The zero-order valence-electron chi connectivity index (χ0n) is 13.2. The molecular formula is C15H26N2O3. The van der Waals surface area contributed by atoms with Crippen molar-refractivity contribution in [1.29, 1.82) is 0 Å². The lowest BCUT2D eigenvalue weighted by Gasteiger charge is -2.43. The van der Waals surface area contributed by atoms with Crippen LogP contribution in [0.25, 0.3) is 0 Å². The van der Waals surface area contributed by atoms with Gasteiger partial charge in [-0.1, -0.05) is 12.1 Å². The van der Waals surface area contributed by atoms with Crippen LogP contribution < -0.4 is 0 Å². The summed E-state index contributed by atoms with van der Waals surface area (Å²) >= 11 is 0. The van der Waals surface area contributed by atoms with E-state index in [1.54, 1.807) is 0 Å². The van der Waals surface area contributed by atoms with Gasteiger partial charge in [0.05, 0.1) is 5.71 Å². The van der Waals surface area contributed by atoms with Gasteiger partial charge in [0.2, 0.25) is 0 Å². The molecule has 5 heteroatoms. The quantitative estimate of drug-likeness (QED) is 0.742. The van der Waals surface area contributed by atoms with Crippen LogP contribution in [0.2, 0.25) is 0 Å². The van der Waals surface area contributed by atoms with Gasteiger partial charge in [0.15, 0.2) is 0 Å². The number of piperidine rings is 1. The molecule has 1 fully saturated rings. The Balaban J connectivity index is 2.01. The molecule has 0 radical (unpaired) electrons. The van der Waals surface area contributed by atoms with Crippen molar-refractivity contribution in [2.24, 2.45) is 11.1 Å². The predicted molar refractivity (Wildman–Crippen MR) is 77.7 cm³/mol. The molecule has 2 aliphatic rings. The monoisotopic (exact) mass is 282 g/mol. The van der Waals surface area contributed by atoms with Crippen LogP contribution in [0.5, 0.6) is 0 Å². The molecule has 2 aliphatic heterocycles. The summed E-state index contributed by atoms with van der Waals surface area (Å²) in [6, 6.07) is 0. The Morgan fingerprint density at radius 2 is 2.25 bits per heavy atom. The molecule has 2 heterocycles. The van der Waals surface area contributed by atoms with Gasteiger partial charge in [-0.2, -0.15) is 0 Å². The number of amides is 1. The number of rotatable bonds is 1. The maximum absolute atomic E-state index is 12.2. The second-order valence-electron chi connectivity index (χ2n) is 6.94. The van der Waals surface area contributed by atoms with Crippen molar-refractivity contribution in [3.8, 4) is 0 Å². The van der Waals surface area contributed by atoms with Crippen molar-refractivity contribution in [3.63, 3.8) is 0 Å². The van der Waals surface area contributed by atoms with Gasteiger partial charge in [-0.3, -0.25) is 0 Å². The Labute approximate surface area is 121 Å². The molecule has 0 aromatic carbocycles. The fourth-order valence-electron chi connectivity index (χ4n) is 3.06. The summed E-state index contributed by atoms with van der Waals surface area (Å²) in [7, 11) is 0. The van der Waals surface area contributed by atoms with Crippen molar-refractivity contribution < 1.29 is 14.4 Å². The molecule has 0 N–H and O–H groups in total. The molecule has 1 amide bonds. The average Bonchev–Trinajstić information content (AvgIpc) is 2.70. The van der Waals surface area contributed by atoms with E-state index in [0.717, 1.165) is 25.0 Å². The zero-order chi connectivity index (χ0) is 15.0. The summed E-state index contributed by atoms with van der Waals surface area (Å²) in [5.41, 5.74) is 0.406. The molecule has 0 aliphatic carbocycles. The fourth-order valence-corrected chi connectivity index (χ4v) is 3.06. The molecule has 1 saturated heterocycles. The molecule has 1 spiro atoms. The molecule has 5 nitrogen and oxygen atoms in total. The molecule has 0 saturated carbocycles. The third-order valence-electron chi connectivity index (χ3n) is 4.07. The minimum absolute atomic E-state index is 0.197. The highest BCUT2D eigenvalue weighted by atomic mass is 16.7. The highest BCUT2D eigenvalue weighted by Crippen LogP contribution is 2.40. The standard InChI is InChI=1S/C15H26N2O3/c1-6-12-10-17(13(18)19-14(3,4)5)8-7-15(12)9-11(2)16-20-15/h12H,6-10H2,1-5H3. The summed E-state index contributed by atoms with van der Waals surface area (Å²) in [4.78, 5) is 19.7. The largest absolute Gasteiger partial charge is 0.444 e. The topological polar surface area (TPSA) is 51.1 Å². The first-order valence-corrected chi connectivity index (χ1v) is 7.45. The molecular weight excluding hydrogens is 256 g/mol. The van der Waals surface area contributed by atoms with E-state index in [1.165, 1.54) is 0 Å². The third-order valence-corrected chi connectivity index (χ3v) is 4.07. The first kappa shape index (κ1) is 15.1.